The number of rotatable bonds is 4. The van der Waals surface area contributed by atoms with Crippen molar-refractivity contribution in [1.29, 1.82) is 0 Å². The SMILES string of the molecule is CN(C)C1CCN(c2ccc(/C=C/C(=O)O)cc2Cl)C1. The van der Waals surface area contributed by atoms with E-state index in [4.69, 9.17) is 16.7 Å². The molecule has 5 heteroatoms. The maximum Gasteiger partial charge on any atom is 0.328 e. The molecule has 1 aromatic rings. The van der Waals surface area contributed by atoms with Crippen LogP contribution in [0.5, 0.6) is 0 Å². The van der Waals surface area contributed by atoms with Crippen LogP contribution in [0.3, 0.4) is 0 Å². The van der Waals surface area contributed by atoms with E-state index < -0.39 is 5.97 Å². The Morgan fingerprint density at radius 2 is 2.25 bits per heavy atom. The predicted octanol–water partition coefficient (Wildman–Crippen LogP) is 2.58. The standard InChI is InChI=1S/C15H19ClN2O2/c1-17(2)12-7-8-18(10-12)14-5-3-11(9-13(14)16)4-6-15(19)20/h3-6,9,12H,7-8,10H2,1-2H3,(H,19,20)/b6-4+. The van der Waals surface area contributed by atoms with Crippen molar-refractivity contribution in [2.75, 3.05) is 32.1 Å². The van der Waals surface area contributed by atoms with E-state index in [0.29, 0.717) is 11.1 Å². The minimum atomic E-state index is -0.960. The van der Waals surface area contributed by atoms with Crippen LogP contribution in [0.1, 0.15) is 12.0 Å². The third-order valence-electron chi connectivity index (χ3n) is 3.62. The smallest absolute Gasteiger partial charge is 0.328 e. The highest BCUT2D eigenvalue weighted by Gasteiger charge is 2.25. The van der Waals surface area contributed by atoms with Gasteiger partial charge in [-0.3, -0.25) is 0 Å². The molecule has 0 bridgehead atoms. The Morgan fingerprint density at radius 1 is 1.50 bits per heavy atom. The van der Waals surface area contributed by atoms with Crippen molar-refractivity contribution in [3.8, 4) is 0 Å². The summed E-state index contributed by atoms with van der Waals surface area (Å²) in [6.07, 6.45) is 3.79. The van der Waals surface area contributed by atoms with Crippen LogP contribution >= 0.6 is 11.6 Å². The van der Waals surface area contributed by atoms with E-state index in [1.54, 1.807) is 12.1 Å². The van der Waals surface area contributed by atoms with Gasteiger partial charge in [-0.1, -0.05) is 17.7 Å². The maximum absolute atomic E-state index is 10.5. The van der Waals surface area contributed by atoms with E-state index in [-0.39, 0.29) is 0 Å². The second-order valence-corrected chi connectivity index (χ2v) is 5.64. The average molecular weight is 295 g/mol. The Labute approximate surface area is 124 Å². The van der Waals surface area contributed by atoms with Crippen molar-refractivity contribution < 1.29 is 9.90 Å². The first kappa shape index (κ1) is 14.9. The lowest BCUT2D eigenvalue weighted by molar-refractivity contribution is -0.131. The molecule has 1 aliphatic rings. The summed E-state index contributed by atoms with van der Waals surface area (Å²) in [7, 11) is 4.19. The van der Waals surface area contributed by atoms with Crippen molar-refractivity contribution in [2.24, 2.45) is 0 Å². The zero-order chi connectivity index (χ0) is 14.7. The van der Waals surface area contributed by atoms with Gasteiger partial charge in [-0.25, -0.2) is 4.79 Å². The molecule has 1 atom stereocenters. The fraction of sp³-hybridized carbons (Fsp3) is 0.400. The first-order chi connectivity index (χ1) is 9.47. The van der Waals surface area contributed by atoms with E-state index in [2.05, 4.69) is 23.9 Å². The van der Waals surface area contributed by atoms with Crippen LogP contribution in [0, 0.1) is 0 Å². The summed E-state index contributed by atoms with van der Waals surface area (Å²) < 4.78 is 0. The highest BCUT2D eigenvalue weighted by atomic mass is 35.5. The molecule has 2 rings (SSSR count). The van der Waals surface area contributed by atoms with E-state index >= 15 is 0 Å². The lowest BCUT2D eigenvalue weighted by atomic mass is 10.2. The monoisotopic (exact) mass is 294 g/mol. The van der Waals surface area contributed by atoms with Crippen molar-refractivity contribution in [3.05, 3.63) is 34.9 Å². The highest BCUT2D eigenvalue weighted by molar-refractivity contribution is 6.33. The Morgan fingerprint density at radius 3 is 2.80 bits per heavy atom. The van der Waals surface area contributed by atoms with Gasteiger partial charge in [0.05, 0.1) is 10.7 Å². The summed E-state index contributed by atoms with van der Waals surface area (Å²) in [6, 6.07) is 6.21. The Hall–Kier alpha value is -1.52. The van der Waals surface area contributed by atoms with Crippen molar-refractivity contribution in [1.82, 2.24) is 4.90 Å². The van der Waals surface area contributed by atoms with Gasteiger partial charge in [-0.2, -0.15) is 0 Å². The number of carboxylic acids is 1. The molecule has 0 aliphatic carbocycles. The van der Waals surface area contributed by atoms with Crippen LogP contribution in [-0.2, 0) is 4.79 Å². The maximum atomic E-state index is 10.5. The van der Waals surface area contributed by atoms with Gasteiger partial charge in [0.1, 0.15) is 0 Å². The number of hydrogen-bond acceptors (Lipinski definition) is 3. The van der Waals surface area contributed by atoms with Crippen LogP contribution < -0.4 is 4.90 Å². The lowest BCUT2D eigenvalue weighted by Crippen LogP contribution is -2.31. The highest BCUT2D eigenvalue weighted by Crippen LogP contribution is 2.30. The van der Waals surface area contributed by atoms with E-state index in [1.165, 1.54) is 0 Å². The summed E-state index contributed by atoms with van der Waals surface area (Å²) >= 11 is 6.32. The van der Waals surface area contributed by atoms with Crippen LogP contribution in [0.4, 0.5) is 5.69 Å². The molecule has 1 aliphatic heterocycles. The molecule has 1 N–H and O–H groups in total. The summed E-state index contributed by atoms with van der Waals surface area (Å²) in [5, 5.41) is 9.28. The Balaban J connectivity index is 2.12. The lowest BCUT2D eigenvalue weighted by Gasteiger charge is -2.22. The third-order valence-corrected chi connectivity index (χ3v) is 3.93. The van der Waals surface area contributed by atoms with Gasteiger partial charge in [0, 0.05) is 25.2 Å². The molecule has 0 saturated carbocycles. The minimum Gasteiger partial charge on any atom is -0.478 e. The number of benzene rings is 1. The second kappa shape index (κ2) is 6.29. The summed E-state index contributed by atoms with van der Waals surface area (Å²) in [4.78, 5) is 15.0. The van der Waals surface area contributed by atoms with Crippen molar-refractivity contribution >= 4 is 29.3 Å². The van der Waals surface area contributed by atoms with Gasteiger partial charge in [0.2, 0.25) is 0 Å². The summed E-state index contributed by atoms with van der Waals surface area (Å²) in [6.45, 7) is 1.96. The molecule has 0 aromatic heterocycles. The van der Waals surface area contributed by atoms with Crippen LogP contribution in [-0.4, -0.2) is 49.2 Å². The molecule has 1 fully saturated rings. The van der Waals surface area contributed by atoms with Gasteiger partial charge in [0.15, 0.2) is 0 Å². The molecule has 108 valence electrons. The largest absolute Gasteiger partial charge is 0.478 e. The molecule has 1 heterocycles. The molecule has 1 unspecified atom stereocenters. The molecule has 0 radical (unpaired) electrons. The molecular formula is C15H19ClN2O2. The topological polar surface area (TPSA) is 43.8 Å². The first-order valence-corrected chi connectivity index (χ1v) is 6.97. The molecule has 1 saturated heterocycles. The van der Waals surface area contributed by atoms with Crippen molar-refractivity contribution in [3.63, 3.8) is 0 Å². The predicted molar refractivity (Wildman–Crippen MR) is 82.4 cm³/mol. The molecule has 4 nitrogen and oxygen atoms in total. The number of aliphatic carboxylic acids is 1. The number of hydrogen-bond donors (Lipinski definition) is 1. The number of carbonyl (C=O) groups is 1. The number of anilines is 1. The van der Waals surface area contributed by atoms with E-state index in [9.17, 15) is 4.79 Å². The molecule has 20 heavy (non-hydrogen) atoms. The normalized spacial score (nSPS) is 19.2. The Bertz CT molecular complexity index is 529. The molecule has 0 spiro atoms. The van der Waals surface area contributed by atoms with Gasteiger partial charge in [0.25, 0.3) is 0 Å². The zero-order valence-electron chi connectivity index (χ0n) is 11.7. The number of carboxylic acid groups (broad SMARTS) is 1. The number of halogens is 1. The average Bonchev–Trinajstić information content (AvgIpc) is 2.86. The second-order valence-electron chi connectivity index (χ2n) is 5.23. The summed E-state index contributed by atoms with van der Waals surface area (Å²) in [5.74, 6) is -0.960. The van der Waals surface area contributed by atoms with Gasteiger partial charge in [-0.15, -0.1) is 0 Å². The van der Waals surface area contributed by atoms with Gasteiger partial charge >= 0.3 is 5.97 Å². The fourth-order valence-corrected chi connectivity index (χ4v) is 2.74. The molecule has 0 amide bonds. The zero-order valence-corrected chi connectivity index (χ0v) is 12.5. The van der Waals surface area contributed by atoms with Crippen LogP contribution in [0.25, 0.3) is 6.08 Å². The summed E-state index contributed by atoms with van der Waals surface area (Å²) in [5.41, 5.74) is 1.81. The number of likely N-dealkylation sites (N-methyl/N-ethyl adjacent to an activating group) is 1. The Kier molecular flexibility index (Phi) is 4.68. The van der Waals surface area contributed by atoms with Gasteiger partial charge in [-0.05, 0) is 44.3 Å². The molecule has 1 aromatic carbocycles. The first-order valence-electron chi connectivity index (χ1n) is 6.59. The molecular weight excluding hydrogens is 276 g/mol. The fourth-order valence-electron chi connectivity index (χ4n) is 2.43. The van der Waals surface area contributed by atoms with E-state index in [1.807, 2.05) is 12.1 Å². The third kappa shape index (κ3) is 3.52. The van der Waals surface area contributed by atoms with E-state index in [0.717, 1.165) is 36.8 Å². The van der Waals surface area contributed by atoms with Crippen LogP contribution in [0.15, 0.2) is 24.3 Å². The van der Waals surface area contributed by atoms with Crippen LogP contribution in [0.2, 0.25) is 5.02 Å². The number of nitrogens with zero attached hydrogens (tertiary/aromatic N) is 2. The minimum absolute atomic E-state index is 0.553. The van der Waals surface area contributed by atoms with Crippen molar-refractivity contribution in [2.45, 2.75) is 12.5 Å². The quantitative estimate of drug-likeness (QED) is 0.867. The van der Waals surface area contributed by atoms with Gasteiger partial charge < -0.3 is 14.9 Å².